The molecule has 0 saturated carbocycles. The summed E-state index contributed by atoms with van der Waals surface area (Å²) in [4.78, 5) is 17.5. The number of hydrogen-bond donors (Lipinski definition) is 1. The first kappa shape index (κ1) is 26.8. The maximum atomic E-state index is 11.7. The Morgan fingerprint density at radius 1 is 0.976 bits per heavy atom. The second-order valence-electron chi connectivity index (χ2n) is 10.0. The van der Waals surface area contributed by atoms with Gasteiger partial charge in [0.15, 0.2) is 6.61 Å². The molecule has 0 spiro atoms. The molecule has 6 rings (SSSR count). The number of carbonyl (C=O) groups is 1. The molecule has 9 heteroatoms. The summed E-state index contributed by atoms with van der Waals surface area (Å²) in [7, 11) is 0. The van der Waals surface area contributed by atoms with Gasteiger partial charge >= 0.3 is 6.09 Å². The third kappa shape index (κ3) is 6.19. The van der Waals surface area contributed by atoms with Crippen molar-refractivity contribution < 1.29 is 23.9 Å². The molecule has 1 fully saturated rings. The number of piperidine rings is 1. The molecular weight excluding hydrogens is 542 g/mol. The van der Waals surface area contributed by atoms with Gasteiger partial charge < -0.3 is 24.0 Å². The van der Waals surface area contributed by atoms with Crippen molar-refractivity contribution in [1.82, 2.24) is 15.0 Å². The molecule has 2 unspecified atom stereocenters. The van der Waals surface area contributed by atoms with Gasteiger partial charge in [-0.2, -0.15) is 4.98 Å². The molecule has 2 heterocycles. The van der Waals surface area contributed by atoms with Crippen molar-refractivity contribution in [3.8, 4) is 17.1 Å². The Kier molecular flexibility index (Phi) is 7.84. The molecule has 0 aliphatic carbocycles. The van der Waals surface area contributed by atoms with E-state index in [4.69, 9.17) is 25.6 Å². The zero-order chi connectivity index (χ0) is 28.2. The predicted octanol–water partition coefficient (Wildman–Crippen LogP) is 7.17. The standard InChI is InChI=1S/C32H28ClN3O5/c33-28-8-4-3-7-27(28)31-34-30(41-35-31)20-39-25-13-11-23(12-14-25)26-15-16-36(32(37)38)18-29(26)40-19-21-9-10-22-5-1-2-6-24(22)17-21/h1-14,17,26,29H,15-16,18-20H2,(H,37,38). The van der Waals surface area contributed by atoms with Gasteiger partial charge in [-0.3, -0.25) is 0 Å². The predicted molar refractivity (Wildman–Crippen MR) is 155 cm³/mol. The molecule has 1 N–H and O–H groups in total. The van der Waals surface area contributed by atoms with E-state index in [-0.39, 0.29) is 18.6 Å². The second kappa shape index (κ2) is 12.0. The third-order valence-electron chi connectivity index (χ3n) is 7.36. The highest BCUT2D eigenvalue weighted by molar-refractivity contribution is 6.33. The number of aromatic nitrogens is 2. The van der Waals surface area contributed by atoms with Crippen LogP contribution in [-0.2, 0) is 18.0 Å². The number of hydrogen-bond acceptors (Lipinski definition) is 6. The van der Waals surface area contributed by atoms with Gasteiger partial charge in [0.1, 0.15) is 5.75 Å². The molecule has 8 nitrogen and oxygen atoms in total. The van der Waals surface area contributed by atoms with E-state index in [1.54, 1.807) is 6.07 Å². The molecule has 1 aromatic heterocycles. The number of benzene rings is 4. The van der Waals surface area contributed by atoms with Gasteiger partial charge in [-0.05, 0) is 58.7 Å². The van der Waals surface area contributed by atoms with E-state index in [2.05, 4.69) is 40.5 Å². The van der Waals surface area contributed by atoms with Crippen LogP contribution >= 0.6 is 11.6 Å². The minimum atomic E-state index is -0.926. The van der Waals surface area contributed by atoms with Crippen LogP contribution in [0.4, 0.5) is 4.79 Å². The van der Waals surface area contributed by atoms with Gasteiger partial charge in [-0.1, -0.05) is 77.4 Å². The van der Waals surface area contributed by atoms with Crippen LogP contribution < -0.4 is 4.74 Å². The quantitative estimate of drug-likeness (QED) is 0.211. The topological polar surface area (TPSA) is 97.9 Å². The SMILES string of the molecule is O=C(O)N1CCC(c2ccc(OCc3nc(-c4ccccc4Cl)no3)cc2)C(OCc2ccc3ccccc3c2)C1. The minimum Gasteiger partial charge on any atom is -0.484 e. The zero-order valence-corrected chi connectivity index (χ0v) is 22.9. The molecule has 2 atom stereocenters. The number of likely N-dealkylation sites (tertiary alicyclic amines) is 1. The van der Waals surface area contributed by atoms with Crippen molar-refractivity contribution in [1.29, 1.82) is 0 Å². The first-order valence-corrected chi connectivity index (χ1v) is 13.8. The van der Waals surface area contributed by atoms with Gasteiger partial charge in [-0.25, -0.2) is 4.79 Å². The van der Waals surface area contributed by atoms with E-state index in [0.29, 0.717) is 54.2 Å². The normalized spacial score (nSPS) is 17.0. The maximum Gasteiger partial charge on any atom is 0.407 e. The number of halogens is 1. The monoisotopic (exact) mass is 569 g/mol. The number of rotatable bonds is 8. The highest BCUT2D eigenvalue weighted by atomic mass is 35.5. The second-order valence-corrected chi connectivity index (χ2v) is 10.4. The largest absolute Gasteiger partial charge is 0.484 e. The number of ether oxygens (including phenoxy) is 2. The Morgan fingerprint density at radius 2 is 1.76 bits per heavy atom. The van der Waals surface area contributed by atoms with Crippen LogP contribution in [0.15, 0.2) is 95.5 Å². The molecule has 41 heavy (non-hydrogen) atoms. The average molecular weight is 570 g/mol. The fourth-order valence-corrected chi connectivity index (χ4v) is 5.41. The van der Waals surface area contributed by atoms with E-state index in [1.165, 1.54) is 10.3 Å². The zero-order valence-electron chi connectivity index (χ0n) is 22.2. The summed E-state index contributed by atoms with van der Waals surface area (Å²) in [6.07, 6.45) is -0.535. The summed E-state index contributed by atoms with van der Waals surface area (Å²) in [5.41, 5.74) is 2.82. The Hall–Kier alpha value is -4.40. The fraction of sp³-hybridized carbons (Fsp3) is 0.219. The van der Waals surface area contributed by atoms with Crippen molar-refractivity contribution in [3.05, 3.63) is 113 Å². The molecule has 1 amide bonds. The summed E-state index contributed by atoms with van der Waals surface area (Å²) in [6.45, 7) is 1.29. The maximum absolute atomic E-state index is 11.7. The van der Waals surface area contributed by atoms with Crippen molar-refractivity contribution in [3.63, 3.8) is 0 Å². The summed E-state index contributed by atoms with van der Waals surface area (Å²) in [6, 6.07) is 29.6. The summed E-state index contributed by atoms with van der Waals surface area (Å²) < 4.78 is 17.6. The van der Waals surface area contributed by atoms with Crippen LogP contribution in [0.3, 0.4) is 0 Å². The molecule has 208 valence electrons. The van der Waals surface area contributed by atoms with Crippen molar-refractivity contribution in [2.45, 2.75) is 31.7 Å². The van der Waals surface area contributed by atoms with Crippen LogP contribution in [0.25, 0.3) is 22.2 Å². The first-order chi connectivity index (χ1) is 20.0. The van der Waals surface area contributed by atoms with E-state index in [1.807, 2.05) is 54.6 Å². The van der Waals surface area contributed by atoms with Gasteiger partial charge in [0, 0.05) is 18.0 Å². The summed E-state index contributed by atoms with van der Waals surface area (Å²) in [5, 5.41) is 16.5. The smallest absolute Gasteiger partial charge is 0.407 e. The van der Waals surface area contributed by atoms with Gasteiger partial charge in [0.25, 0.3) is 5.89 Å². The minimum absolute atomic E-state index is 0.0502. The number of fused-ring (bicyclic) bond motifs is 1. The van der Waals surface area contributed by atoms with E-state index in [0.717, 1.165) is 16.5 Å². The van der Waals surface area contributed by atoms with Crippen LogP contribution in [0, 0.1) is 0 Å². The molecule has 1 aliphatic heterocycles. The number of amides is 1. The summed E-state index contributed by atoms with van der Waals surface area (Å²) >= 11 is 6.23. The third-order valence-corrected chi connectivity index (χ3v) is 7.69. The molecule has 1 aliphatic rings. The van der Waals surface area contributed by atoms with Crippen molar-refractivity contribution in [2.75, 3.05) is 13.1 Å². The van der Waals surface area contributed by atoms with Crippen LogP contribution in [0.5, 0.6) is 5.75 Å². The van der Waals surface area contributed by atoms with E-state index in [9.17, 15) is 9.90 Å². The van der Waals surface area contributed by atoms with Gasteiger partial charge in [-0.15, -0.1) is 0 Å². The molecule has 5 aromatic rings. The Balaban J connectivity index is 1.11. The fourth-order valence-electron chi connectivity index (χ4n) is 5.19. The lowest BCUT2D eigenvalue weighted by atomic mass is 9.87. The van der Waals surface area contributed by atoms with E-state index >= 15 is 0 Å². The molecular formula is C32H28ClN3O5. The molecule has 4 aromatic carbocycles. The Morgan fingerprint density at radius 3 is 2.56 bits per heavy atom. The van der Waals surface area contributed by atoms with Crippen molar-refractivity contribution >= 4 is 28.5 Å². The molecule has 0 bridgehead atoms. The summed E-state index contributed by atoms with van der Waals surface area (Å²) in [5.74, 6) is 1.45. The Labute approximate surface area is 242 Å². The van der Waals surface area contributed by atoms with Crippen LogP contribution in [-0.4, -0.2) is 45.4 Å². The lowest BCUT2D eigenvalue weighted by Crippen LogP contribution is -2.46. The average Bonchev–Trinajstić information content (AvgIpc) is 3.48. The van der Waals surface area contributed by atoms with Crippen LogP contribution in [0.2, 0.25) is 5.02 Å². The first-order valence-electron chi connectivity index (χ1n) is 13.4. The molecule has 1 saturated heterocycles. The Bertz CT molecular complexity index is 1660. The highest BCUT2D eigenvalue weighted by Gasteiger charge is 2.33. The number of nitrogens with zero attached hydrogens (tertiary/aromatic N) is 3. The number of carboxylic acid groups (broad SMARTS) is 1. The van der Waals surface area contributed by atoms with E-state index < -0.39 is 6.09 Å². The van der Waals surface area contributed by atoms with Gasteiger partial charge in [0.05, 0.1) is 24.3 Å². The molecule has 0 radical (unpaired) electrons. The lowest BCUT2D eigenvalue weighted by molar-refractivity contribution is -0.0199. The van der Waals surface area contributed by atoms with Crippen LogP contribution in [0.1, 0.15) is 29.4 Å². The lowest BCUT2D eigenvalue weighted by Gasteiger charge is -2.37. The highest BCUT2D eigenvalue weighted by Crippen LogP contribution is 2.33. The van der Waals surface area contributed by atoms with Gasteiger partial charge in [0.2, 0.25) is 5.82 Å². The van der Waals surface area contributed by atoms with Crippen molar-refractivity contribution in [2.24, 2.45) is 0 Å².